The van der Waals surface area contributed by atoms with Gasteiger partial charge >= 0.3 is 5.97 Å². The molecule has 0 aliphatic heterocycles. The van der Waals surface area contributed by atoms with E-state index in [1.54, 1.807) is 13.2 Å². The van der Waals surface area contributed by atoms with Gasteiger partial charge in [0.05, 0.1) is 29.2 Å². The topological polar surface area (TPSA) is 136 Å². The largest absolute Gasteiger partial charge is 0.497 e. The maximum atomic E-state index is 11.9. The molecule has 4 aromatic rings. The molecule has 1 heterocycles. The molecule has 0 bridgehead atoms. The fraction of sp³-hybridized carbons (Fsp3) is 0.148. The zero-order valence-electron chi connectivity index (χ0n) is 20.6. The van der Waals surface area contributed by atoms with Crippen LogP contribution in [0, 0.1) is 10.1 Å². The molecule has 0 spiro atoms. The van der Waals surface area contributed by atoms with E-state index in [9.17, 15) is 20.0 Å². The molecule has 0 amide bonds. The van der Waals surface area contributed by atoms with Crippen LogP contribution < -0.4 is 14.9 Å². The van der Waals surface area contributed by atoms with Crippen molar-refractivity contribution in [3.05, 3.63) is 88.5 Å². The van der Waals surface area contributed by atoms with Gasteiger partial charge in [-0.05, 0) is 61.0 Å². The third kappa shape index (κ3) is 6.13. The Bertz CT molecular complexity index is 1470. The average molecular weight is 533 g/mol. The van der Waals surface area contributed by atoms with Gasteiger partial charge in [-0.3, -0.25) is 15.5 Å². The summed E-state index contributed by atoms with van der Waals surface area (Å²) < 4.78 is 10.8. The summed E-state index contributed by atoms with van der Waals surface area (Å²) in [6.45, 7) is 2.47. The van der Waals surface area contributed by atoms with E-state index in [0.29, 0.717) is 23.2 Å². The molecular weight excluding hydrogens is 508 g/mol. The van der Waals surface area contributed by atoms with Crippen molar-refractivity contribution in [2.45, 2.75) is 13.3 Å². The van der Waals surface area contributed by atoms with E-state index >= 15 is 0 Å². The molecule has 1 aromatic heterocycles. The normalized spacial score (nSPS) is 11.2. The summed E-state index contributed by atoms with van der Waals surface area (Å²) in [5.74, 6) is 0.154. The van der Waals surface area contributed by atoms with E-state index < -0.39 is 10.9 Å². The molecule has 0 aliphatic carbocycles. The second-order valence-electron chi connectivity index (χ2n) is 7.92. The molecule has 194 valence electrons. The molecule has 0 unspecified atom stereocenters. The molecule has 0 saturated heterocycles. The minimum absolute atomic E-state index is 0.171. The van der Waals surface area contributed by atoms with Gasteiger partial charge in [0, 0.05) is 23.6 Å². The molecular formula is C27H24N4O6S. The van der Waals surface area contributed by atoms with E-state index in [4.69, 9.17) is 9.47 Å². The molecule has 11 heteroatoms. The minimum atomic E-state index is -1.30. The van der Waals surface area contributed by atoms with E-state index in [-0.39, 0.29) is 23.4 Å². The molecule has 3 aromatic carbocycles. The van der Waals surface area contributed by atoms with Gasteiger partial charge in [-0.25, -0.2) is 9.78 Å². The van der Waals surface area contributed by atoms with E-state index in [1.165, 1.54) is 29.5 Å². The molecule has 0 saturated carbocycles. The summed E-state index contributed by atoms with van der Waals surface area (Å²) in [4.78, 5) is 28.2. The van der Waals surface area contributed by atoms with Gasteiger partial charge in [0.2, 0.25) is 5.13 Å². The summed E-state index contributed by atoms with van der Waals surface area (Å²) in [6.07, 6.45) is -0.234. The van der Waals surface area contributed by atoms with Crippen molar-refractivity contribution in [2.75, 3.05) is 19.1 Å². The van der Waals surface area contributed by atoms with E-state index in [1.807, 2.05) is 55.5 Å². The highest BCUT2D eigenvalue weighted by atomic mass is 32.1. The first-order valence-corrected chi connectivity index (χ1v) is 12.4. The molecule has 38 heavy (non-hydrogen) atoms. The zero-order valence-corrected chi connectivity index (χ0v) is 21.4. The molecule has 0 radical (unpaired) electrons. The number of carboxylic acids is 1. The average Bonchev–Trinajstić information content (AvgIpc) is 3.36. The van der Waals surface area contributed by atoms with Crippen LogP contribution >= 0.6 is 11.3 Å². The van der Waals surface area contributed by atoms with Crippen LogP contribution in [-0.4, -0.2) is 40.4 Å². The number of benzene rings is 3. The van der Waals surface area contributed by atoms with Crippen LogP contribution in [0.25, 0.3) is 21.7 Å². The first-order valence-electron chi connectivity index (χ1n) is 11.6. The van der Waals surface area contributed by atoms with Crippen LogP contribution in [0.15, 0.2) is 77.9 Å². The predicted octanol–water partition coefficient (Wildman–Crippen LogP) is 5.89. The standard InChI is InChI=1S/C27H24N4O6S/c1-3-37-21-14-8-17(9-15-21)24-25(18-10-12-20(36-2)13-11-18)38-27(28-24)30-29-22(26(32)33)16-19-6-4-5-7-23(19)31(34)35/h4-15H,3,16H2,1-2H3,(H,28,30)(H,32,33)/b29-22-. The van der Waals surface area contributed by atoms with Crippen molar-refractivity contribution in [3.8, 4) is 33.2 Å². The summed E-state index contributed by atoms with van der Waals surface area (Å²) in [6, 6.07) is 21.0. The fourth-order valence-electron chi connectivity index (χ4n) is 3.67. The number of anilines is 1. The number of hydrazone groups is 1. The number of rotatable bonds is 11. The Kier molecular flexibility index (Phi) is 8.29. The molecule has 0 aliphatic rings. The zero-order chi connectivity index (χ0) is 27.1. The molecule has 4 rings (SSSR count). The van der Waals surface area contributed by atoms with Crippen molar-refractivity contribution in [1.29, 1.82) is 0 Å². The third-order valence-corrected chi connectivity index (χ3v) is 6.51. The fourth-order valence-corrected chi connectivity index (χ4v) is 4.61. The number of thiazole rings is 1. The van der Waals surface area contributed by atoms with Crippen LogP contribution in [0.4, 0.5) is 10.8 Å². The number of carbonyl (C=O) groups is 1. The number of aromatic nitrogens is 1. The monoisotopic (exact) mass is 532 g/mol. The lowest BCUT2D eigenvalue weighted by Gasteiger charge is -2.06. The molecule has 10 nitrogen and oxygen atoms in total. The highest BCUT2D eigenvalue weighted by Gasteiger charge is 2.20. The summed E-state index contributed by atoms with van der Waals surface area (Å²) in [7, 11) is 1.59. The number of nitro benzene ring substituents is 1. The van der Waals surface area contributed by atoms with Gasteiger partial charge in [-0.1, -0.05) is 29.5 Å². The molecule has 0 atom stereocenters. The SMILES string of the molecule is CCOc1ccc(-c2nc(N/N=C(/Cc3ccccc3[N+](=O)[O-])C(=O)O)sc2-c2ccc(OC)cc2)cc1. The smallest absolute Gasteiger partial charge is 0.352 e. The Morgan fingerprint density at radius 2 is 1.71 bits per heavy atom. The van der Waals surface area contributed by atoms with Gasteiger partial charge in [0.15, 0.2) is 0 Å². The molecule has 2 N–H and O–H groups in total. The Labute approximate surface area is 222 Å². The number of nitrogens with zero attached hydrogens (tertiary/aromatic N) is 3. The number of methoxy groups -OCH3 is 1. The van der Waals surface area contributed by atoms with E-state index in [2.05, 4.69) is 15.5 Å². The Hall–Kier alpha value is -4.77. The second-order valence-corrected chi connectivity index (χ2v) is 8.92. The number of hydrogen-bond donors (Lipinski definition) is 2. The van der Waals surface area contributed by atoms with Crippen LogP contribution in [0.5, 0.6) is 11.5 Å². The van der Waals surface area contributed by atoms with Crippen LogP contribution in [0.2, 0.25) is 0 Å². The maximum absolute atomic E-state index is 11.9. The third-order valence-electron chi connectivity index (χ3n) is 5.50. The first-order chi connectivity index (χ1) is 18.4. The van der Waals surface area contributed by atoms with Crippen LogP contribution in [0.3, 0.4) is 0 Å². The number of aliphatic carboxylic acids is 1. The Morgan fingerprint density at radius 1 is 1.05 bits per heavy atom. The first kappa shape index (κ1) is 26.3. The van der Waals surface area contributed by atoms with Gasteiger partial charge in [-0.15, -0.1) is 0 Å². The number of ether oxygens (including phenoxy) is 2. The highest BCUT2D eigenvalue weighted by molar-refractivity contribution is 7.19. The van der Waals surface area contributed by atoms with Crippen molar-refractivity contribution in [2.24, 2.45) is 5.10 Å². The van der Waals surface area contributed by atoms with Crippen LogP contribution in [-0.2, 0) is 11.2 Å². The number of nitrogens with one attached hydrogen (secondary N) is 1. The molecule has 0 fully saturated rings. The summed E-state index contributed by atoms with van der Waals surface area (Å²) >= 11 is 1.30. The van der Waals surface area contributed by atoms with Gasteiger partial charge in [0.25, 0.3) is 5.69 Å². The number of carboxylic acid groups (broad SMARTS) is 1. The van der Waals surface area contributed by atoms with Crippen molar-refractivity contribution in [3.63, 3.8) is 0 Å². The number of nitro groups is 1. The van der Waals surface area contributed by atoms with E-state index in [0.717, 1.165) is 21.8 Å². The Balaban J connectivity index is 1.69. The van der Waals surface area contributed by atoms with Gasteiger partial charge < -0.3 is 14.6 Å². The van der Waals surface area contributed by atoms with Crippen LogP contribution in [0.1, 0.15) is 12.5 Å². The lowest BCUT2D eigenvalue weighted by molar-refractivity contribution is -0.385. The number of para-hydroxylation sites is 1. The predicted molar refractivity (Wildman–Crippen MR) is 146 cm³/mol. The maximum Gasteiger partial charge on any atom is 0.352 e. The van der Waals surface area contributed by atoms with Crippen molar-refractivity contribution < 1.29 is 24.3 Å². The van der Waals surface area contributed by atoms with Crippen molar-refractivity contribution >= 4 is 33.8 Å². The minimum Gasteiger partial charge on any atom is -0.497 e. The lowest BCUT2D eigenvalue weighted by atomic mass is 10.1. The lowest BCUT2D eigenvalue weighted by Crippen LogP contribution is -2.18. The summed E-state index contributed by atoms with van der Waals surface area (Å²) in [5, 5.41) is 25.4. The number of hydrogen-bond acceptors (Lipinski definition) is 9. The Morgan fingerprint density at radius 3 is 2.34 bits per heavy atom. The quantitative estimate of drug-likeness (QED) is 0.139. The van der Waals surface area contributed by atoms with Crippen molar-refractivity contribution in [1.82, 2.24) is 4.98 Å². The van der Waals surface area contributed by atoms with Gasteiger partial charge in [0.1, 0.15) is 17.2 Å². The highest BCUT2D eigenvalue weighted by Crippen LogP contribution is 2.40. The van der Waals surface area contributed by atoms with Gasteiger partial charge in [-0.2, -0.15) is 5.10 Å². The summed E-state index contributed by atoms with van der Waals surface area (Å²) in [5.41, 5.74) is 4.94. The second kappa shape index (κ2) is 12.0.